The van der Waals surface area contributed by atoms with Crippen molar-refractivity contribution < 1.29 is 0 Å². The van der Waals surface area contributed by atoms with Crippen LogP contribution in [0, 0.1) is 0 Å². The first-order valence-electron chi connectivity index (χ1n) is 4.38. The zero-order chi connectivity index (χ0) is 7.97. The molecule has 3 rings (SSSR count). The Kier molecular flexibility index (Phi) is 2.00. The molecule has 68 valence electrons. The highest BCUT2D eigenvalue weighted by Crippen LogP contribution is 2.38. The summed E-state index contributed by atoms with van der Waals surface area (Å²) in [6.07, 6.45) is 4.64. The SMILES string of the molecule is Cl.c1cc2ccc(C3CC3)nn2c1. The largest absolute Gasteiger partial charge is 0.241 e. The van der Waals surface area contributed by atoms with E-state index in [0.717, 1.165) is 5.92 Å². The smallest absolute Gasteiger partial charge is 0.0646 e. The van der Waals surface area contributed by atoms with E-state index in [2.05, 4.69) is 23.3 Å². The number of nitrogens with zero attached hydrogens (tertiary/aromatic N) is 2. The lowest BCUT2D eigenvalue weighted by molar-refractivity contribution is 0.859. The summed E-state index contributed by atoms with van der Waals surface area (Å²) in [6.45, 7) is 0. The number of hydrogen-bond acceptors (Lipinski definition) is 1. The van der Waals surface area contributed by atoms with Gasteiger partial charge in [-0.25, -0.2) is 4.52 Å². The van der Waals surface area contributed by atoms with E-state index in [4.69, 9.17) is 0 Å². The van der Waals surface area contributed by atoms with Gasteiger partial charge in [0, 0.05) is 12.1 Å². The average Bonchev–Trinajstić information content (AvgIpc) is 2.84. The first-order valence-corrected chi connectivity index (χ1v) is 4.38. The molecule has 3 heteroatoms. The fourth-order valence-corrected chi connectivity index (χ4v) is 1.53. The maximum Gasteiger partial charge on any atom is 0.0646 e. The van der Waals surface area contributed by atoms with E-state index in [9.17, 15) is 0 Å². The molecule has 0 radical (unpaired) electrons. The van der Waals surface area contributed by atoms with Crippen molar-refractivity contribution in [2.45, 2.75) is 18.8 Å². The third kappa shape index (κ3) is 1.42. The second-order valence-corrected chi connectivity index (χ2v) is 3.41. The molecule has 0 amide bonds. The lowest BCUT2D eigenvalue weighted by Gasteiger charge is -1.97. The summed E-state index contributed by atoms with van der Waals surface area (Å²) in [5, 5.41) is 4.51. The summed E-state index contributed by atoms with van der Waals surface area (Å²) in [5.74, 6) is 0.747. The van der Waals surface area contributed by atoms with Crippen LogP contribution in [0.3, 0.4) is 0 Å². The first kappa shape index (κ1) is 8.57. The molecule has 0 aromatic carbocycles. The van der Waals surface area contributed by atoms with Gasteiger partial charge in [-0.2, -0.15) is 5.10 Å². The highest BCUT2D eigenvalue weighted by Gasteiger charge is 2.24. The van der Waals surface area contributed by atoms with Crippen molar-refractivity contribution >= 4 is 17.9 Å². The summed E-state index contributed by atoms with van der Waals surface area (Å²) in [7, 11) is 0. The van der Waals surface area contributed by atoms with Gasteiger partial charge in [0.25, 0.3) is 0 Å². The van der Waals surface area contributed by atoms with Gasteiger partial charge >= 0.3 is 0 Å². The van der Waals surface area contributed by atoms with E-state index in [-0.39, 0.29) is 12.4 Å². The Morgan fingerprint density at radius 1 is 1.23 bits per heavy atom. The predicted octanol–water partition coefficient (Wildman–Crippen LogP) is 2.63. The molecule has 0 unspecified atom stereocenters. The minimum Gasteiger partial charge on any atom is -0.241 e. The van der Waals surface area contributed by atoms with Crippen molar-refractivity contribution in [3.8, 4) is 0 Å². The fraction of sp³-hybridized carbons (Fsp3) is 0.300. The Hall–Kier alpha value is -1.02. The number of rotatable bonds is 1. The van der Waals surface area contributed by atoms with E-state index in [0.29, 0.717) is 0 Å². The van der Waals surface area contributed by atoms with Crippen molar-refractivity contribution in [3.05, 3.63) is 36.2 Å². The molecule has 13 heavy (non-hydrogen) atoms. The van der Waals surface area contributed by atoms with Crippen LogP contribution in [0.15, 0.2) is 30.5 Å². The normalized spacial score (nSPS) is 15.7. The fourth-order valence-electron chi connectivity index (χ4n) is 1.53. The monoisotopic (exact) mass is 194 g/mol. The standard InChI is InChI=1S/C10H10N2.ClH/c1-2-9-5-6-10(8-3-4-8)11-12(9)7-1;/h1-2,5-8H,3-4H2;1H. The summed E-state index contributed by atoms with van der Waals surface area (Å²) < 4.78 is 1.95. The van der Waals surface area contributed by atoms with Crippen LogP contribution in [0.25, 0.3) is 5.52 Å². The zero-order valence-electron chi connectivity index (χ0n) is 7.18. The summed E-state index contributed by atoms with van der Waals surface area (Å²) >= 11 is 0. The van der Waals surface area contributed by atoms with Gasteiger partial charge in [-0.3, -0.25) is 0 Å². The van der Waals surface area contributed by atoms with Crippen LogP contribution in [-0.4, -0.2) is 9.61 Å². The highest BCUT2D eigenvalue weighted by atomic mass is 35.5. The molecular weight excluding hydrogens is 184 g/mol. The second kappa shape index (κ2) is 3.04. The third-order valence-electron chi connectivity index (χ3n) is 2.40. The molecule has 0 spiro atoms. The number of aromatic nitrogens is 2. The zero-order valence-corrected chi connectivity index (χ0v) is 8.00. The van der Waals surface area contributed by atoms with Gasteiger partial charge in [0.05, 0.1) is 11.2 Å². The van der Waals surface area contributed by atoms with Crippen molar-refractivity contribution in [1.82, 2.24) is 9.61 Å². The van der Waals surface area contributed by atoms with Crippen LogP contribution >= 0.6 is 12.4 Å². The van der Waals surface area contributed by atoms with Gasteiger partial charge in [0.1, 0.15) is 0 Å². The Morgan fingerprint density at radius 2 is 2.08 bits per heavy atom. The van der Waals surface area contributed by atoms with E-state index < -0.39 is 0 Å². The van der Waals surface area contributed by atoms with Crippen LogP contribution in [0.1, 0.15) is 24.5 Å². The lowest BCUT2D eigenvalue weighted by atomic mass is 10.3. The molecule has 0 saturated heterocycles. The van der Waals surface area contributed by atoms with Crippen molar-refractivity contribution in [3.63, 3.8) is 0 Å². The summed E-state index contributed by atoms with van der Waals surface area (Å²) in [6, 6.07) is 8.39. The third-order valence-corrected chi connectivity index (χ3v) is 2.40. The van der Waals surface area contributed by atoms with Gasteiger partial charge in [0.2, 0.25) is 0 Å². The molecule has 1 aliphatic carbocycles. The topological polar surface area (TPSA) is 17.3 Å². The molecule has 2 heterocycles. The van der Waals surface area contributed by atoms with Gasteiger partial charge in [-0.15, -0.1) is 12.4 Å². The lowest BCUT2D eigenvalue weighted by Crippen LogP contribution is -1.93. The number of hydrogen-bond donors (Lipinski definition) is 0. The molecule has 0 bridgehead atoms. The van der Waals surface area contributed by atoms with Gasteiger partial charge in [-0.1, -0.05) is 0 Å². The van der Waals surface area contributed by atoms with Crippen LogP contribution in [0.2, 0.25) is 0 Å². The summed E-state index contributed by atoms with van der Waals surface area (Å²) in [5.41, 5.74) is 2.43. The van der Waals surface area contributed by atoms with Crippen LogP contribution < -0.4 is 0 Å². The Balaban J connectivity index is 0.000000653. The molecule has 1 saturated carbocycles. The van der Waals surface area contributed by atoms with Gasteiger partial charge < -0.3 is 0 Å². The Labute approximate surface area is 83.0 Å². The average molecular weight is 195 g/mol. The number of fused-ring (bicyclic) bond motifs is 1. The maximum absolute atomic E-state index is 4.51. The predicted molar refractivity (Wildman–Crippen MR) is 54.4 cm³/mol. The highest BCUT2D eigenvalue weighted by molar-refractivity contribution is 5.85. The van der Waals surface area contributed by atoms with E-state index in [1.807, 2.05) is 16.8 Å². The van der Waals surface area contributed by atoms with Crippen molar-refractivity contribution in [2.24, 2.45) is 0 Å². The molecule has 0 aliphatic heterocycles. The first-order chi connectivity index (χ1) is 5.93. The summed E-state index contributed by atoms with van der Waals surface area (Å²) in [4.78, 5) is 0. The maximum atomic E-state index is 4.51. The molecule has 0 N–H and O–H groups in total. The molecule has 2 aromatic rings. The molecule has 0 atom stereocenters. The van der Waals surface area contributed by atoms with Crippen LogP contribution in [-0.2, 0) is 0 Å². The minimum atomic E-state index is 0. The Bertz CT molecular complexity index is 418. The molecule has 1 fully saturated rings. The van der Waals surface area contributed by atoms with Crippen LogP contribution in [0.4, 0.5) is 0 Å². The quantitative estimate of drug-likeness (QED) is 0.682. The minimum absolute atomic E-state index is 0. The molecule has 2 aromatic heterocycles. The van der Waals surface area contributed by atoms with Crippen molar-refractivity contribution in [2.75, 3.05) is 0 Å². The van der Waals surface area contributed by atoms with E-state index >= 15 is 0 Å². The molecular formula is C10H11ClN2. The van der Waals surface area contributed by atoms with E-state index in [1.54, 1.807) is 0 Å². The number of halogens is 1. The Morgan fingerprint density at radius 3 is 2.85 bits per heavy atom. The molecule has 2 nitrogen and oxygen atoms in total. The van der Waals surface area contributed by atoms with Gasteiger partial charge in [0.15, 0.2) is 0 Å². The second-order valence-electron chi connectivity index (χ2n) is 3.41. The van der Waals surface area contributed by atoms with Crippen molar-refractivity contribution in [1.29, 1.82) is 0 Å². The molecule has 1 aliphatic rings. The van der Waals surface area contributed by atoms with Crippen LogP contribution in [0.5, 0.6) is 0 Å². The van der Waals surface area contributed by atoms with E-state index in [1.165, 1.54) is 24.1 Å². The van der Waals surface area contributed by atoms with Gasteiger partial charge in [-0.05, 0) is 37.1 Å².